The van der Waals surface area contributed by atoms with Crippen molar-refractivity contribution in [3.8, 4) is 21.8 Å². The predicted octanol–water partition coefficient (Wildman–Crippen LogP) is 2.13. The zero-order valence-electron chi connectivity index (χ0n) is 7.57. The van der Waals surface area contributed by atoms with Gasteiger partial charge in [-0.1, -0.05) is 0 Å². The molecule has 1 heterocycles. The van der Waals surface area contributed by atoms with Crippen LogP contribution in [-0.4, -0.2) is 19.6 Å². The van der Waals surface area contributed by atoms with Crippen LogP contribution in [0, 0.1) is 17.1 Å². The number of nitriles is 1. The van der Waals surface area contributed by atoms with E-state index in [0.29, 0.717) is 11.1 Å². The van der Waals surface area contributed by atoms with Crippen molar-refractivity contribution in [3.05, 3.63) is 40.6 Å². The Kier molecular flexibility index (Phi) is 2.59. The number of rotatable bonds is 1. The first-order valence-corrected chi connectivity index (χ1v) is 6.03. The quantitative estimate of drug-likeness (QED) is 0.803. The van der Waals surface area contributed by atoms with E-state index in [0.717, 1.165) is 4.44 Å². The van der Waals surface area contributed by atoms with E-state index in [4.69, 9.17) is 10.4 Å². The van der Waals surface area contributed by atoms with Gasteiger partial charge >= 0.3 is 91.7 Å². The van der Waals surface area contributed by atoms with Crippen LogP contribution in [-0.2, 0) is 0 Å². The minimum absolute atomic E-state index is 0.0779. The summed E-state index contributed by atoms with van der Waals surface area (Å²) in [5.41, 5.74) is 1.26. The summed E-state index contributed by atoms with van der Waals surface area (Å²) in [5.74, 6) is -1.02. The second-order valence-corrected chi connectivity index (χ2v) is 4.86. The van der Waals surface area contributed by atoms with Crippen LogP contribution < -0.4 is 0 Å². The molecule has 74 valence electrons. The molecule has 0 atom stereocenters. The van der Waals surface area contributed by atoms with Gasteiger partial charge in [-0.2, -0.15) is 0 Å². The molecular formula is C11H6FNOSe. The van der Waals surface area contributed by atoms with E-state index in [1.807, 2.05) is 4.94 Å². The van der Waals surface area contributed by atoms with Crippen molar-refractivity contribution < 1.29 is 9.50 Å². The molecule has 2 aromatic rings. The van der Waals surface area contributed by atoms with Crippen molar-refractivity contribution >= 4 is 14.5 Å². The van der Waals surface area contributed by atoms with Crippen molar-refractivity contribution in [3.63, 3.8) is 0 Å². The number of benzene rings is 1. The summed E-state index contributed by atoms with van der Waals surface area (Å²) in [6.07, 6.45) is 0. The number of halogens is 1. The number of hydrogen-bond acceptors (Lipinski definition) is 2. The van der Waals surface area contributed by atoms with Crippen LogP contribution in [0.2, 0.25) is 0 Å². The Morgan fingerprint density at radius 1 is 1.33 bits per heavy atom. The molecule has 1 aromatic heterocycles. The van der Waals surface area contributed by atoms with Crippen LogP contribution in [0.15, 0.2) is 29.2 Å². The van der Waals surface area contributed by atoms with Gasteiger partial charge in [-0.05, 0) is 0 Å². The molecule has 0 aliphatic rings. The fraction of sp³-hybridized carbons (Fsp3) is 0. The molecule has 0 unspecified atom stereocenters. The molecule has 0 fully saturated rings. The van der Waals surface area contributed by atoms with E-state index in [-0.39, 0.29) is 20.3 Å². The molecule has 2 rings (SSSR count). The maximum atomic E-state index is 13.1. The Morgan fingerprint density at radius 3 is 2.80 bits per heavy atom. The molecule has 0 amide bonds. The summed E-state index contributed by atoms with van der Waals surface area (Å²) in [7, 11) is 0. The molecule has 1 N–H and O–H groups in total. The van der Waals surface area contributed by atoms with Crippen LogP contribution in [0.1, 0.15) is 5.56 Å². The molecule has 0 bridgehead atoms. The predicted molar refractivity (Wildman–Crippen MR) is 55.2 cm³/mol. The third-order valence-electron chi connectivity index (χ3n) is 2.00. The van der Waals surface area contributed by atoms with Crippen molar-refractivity contribution in [2.45, 2.75) is 0 Å². The number of phenolic OH excluding ortho intramolecular Hbond substituents is 1. The van der Waals surface area contributed by atoms with E-state index in [2.05, 4.69) is 6.07 Å². The first kappa shape index (κ1) is 9.97. The molecular weight excluding hydrogens is 260 g/mol. The van der Waals surface area contributed by atoms with Crippen LogP contribution >= 0.6 is 0 Å². The zero-order chi connectivity index (χ0) is 10.8. The number of nitrogens with zero attached hydrogens (tertiary/aromatic N) is 1. The SMILES string of the molecule is N#Cc1cc[se]c1-c1ccc(O)c(F)c1. The van der Waals surface area contributed by atoms with Crippen molar-refractivity contribution in [2.75, 3.05) is 0 Å². The average molecular weight is 266 g/mol. The fourth-order valence-electron chi connectivity index (χ4n) is 1.27. The van der Waals surface area contributed by atoms with Crippen LogP contribution in [0.3, 0.4) is 0 Å². The van der Waals surface area contributed by atoms with Gasteiger partial charge in [0.2, 0.25) is 0 Å². The standard InChI is InChI=1S/C11H6FNOSe/c12-9-5-7(1-2-10(9)14)11-8(6-13)3-4-15-11/h1-5,14H. The van der Waals surface area contributed by atoms with E-state index < -0.39 is 5.82 Å². The molecule has 0 spiro atoms. The molecule has 0 aliphatic carbocycles. The normalized spacial score (nSPS) is 9.87. The molecule has 15 heavy (non-hydrogen) atoms. The van der Waals surface area contributed by atoms with Crippen molar-refractivity contribution in [1.29, 1.82) is 5.26 Å². The van der Waals surface area contributed by atoms with Gasteiger partial charge in [-0.3, -0.25) is 0 Å². The summed E-state index contributed by atoms with van der Waals surface area (Å²) in [5, 5.41) is 17.9. The second-order valence-electron chi connectivity index (χ2n) is 2.94. The van der Waals surface area contributed by atoms with Gasteiger partial charge in [-0.25, -0.2) is 0 Å². The summed E-state index contributed by atoms with van der Waals surface area (Å²) < 4.78 is 14.0. The van der Waals surface area contributed by atoms with Gasteiger partial charge in [0, 0.05) is 0 Å². The molecule has 0 radical (unpaired) electrons. The third-order valence-corrected chi connectivity index (χ3v) is 4.02. The Labute approximate surface area is 92.0 Å². The molecule has 0 saturated heterocycles. The van der Waals surface area contributed by atoms with E-state index in [1.165, 1.54) is 12.1 Å². The Balaban J connectivity index is 2.56. The number of aromatic hydroxyl groups is 1. The van der Waals surface area contributed by atoms with E-state index >= 15 is 0 Å². The van der Waals surface area contributed by atoms with Crippen LogP contribution in [0.25, 0.3) is 10.0 Å². The number of hydrogen-bond donors (Lipinski definition) is 1. The Morgan fingerprint density at radius 2 is 2.13 bits per heavy atom. The fourth-order valence-corrected chi connectivity index (χ4v) is 3.04. The van der Waals surface area contributed by atoms with Gasteiger partial charge in [0.25, 0.3) is 0 Å². The van der Waals surface area contributed by atoms with Gasteiger partial charge in [-0.15, -0.1) is 0 Å². The van der Waals surface area contributed by atoms with Crippen LogP contribution in [0.5, 0.6) is 5.75 Å². The summed E-state index contributed by atoms with van der Waals surface area (Å²) in [4.78, 5) is 1.92. The van der Waals surface area contributed by atoms with Gasteiger partial charge in [0.15, 0.2) is 0 Å². The van der Waals surface area contributed by atoms with Crippen molar-refractivity contribution in [1.82, 2.24) is 0 Å². The molecule has 2 nitrogen and oxygen atoms in total. The average Bonchev–Trinajstić information content (AvgIpc) is 2.70. The van der Waals surface area contributed by atoms with Crippen molar-refractivity contribution in [2.24, 2.45) is 0 Å². The second kappa shape index (κ2) is 3.90. The summed E-state index contributed by atoms with van der Waals surface area (Å²) in [6.45, 7) is 0. The molecule has 0 aliphatic heterocycles. The van der Waals surface area contributed by atoms with E-state index in [1.54, 1.807) is 12.1 Å². The molecule has 0 saturated carbocycles. The molecule has 1 aromatic carbocycles. The van der Waals surface area contributed by atoms with E-state index in [9.17, 15) is 4.39 Å². The minimum atomic E-state index is -0.653. The van der Waals surface area contributed by atoms with Gasteiger partial charge in [0.1, 0.15) is 0 Å². The summed E-state index contributed by atoms with van der Waals surface area (Å²) >= 11 is 0.0779. The topological polar surface area (TPSA) is 44.0 Å². The first-order valence-electron chi connectivity index (χ1n) is 4.19. The number of phenols is 1. The third kappa shape index (κ3) is 1.80. The first-order chi connectivity index (χ1) is 7.22. The zero-order valence-corrected chi connectivity index (χ0v) is 9.28. The Hall–Kier alpha value is -1.56. The van der Waals surface area contributed by atoms with Crippen LogP contribution in [0.4, 0.5) is 4.39 Å². The Bertz CT molecular complexity index is 542. The monoisotopic (exact) mass is 267 g/mol. The van der Waals surface area contributed by atoms with Gasteiger partial charge < -0.3 is 0 Å². The maximum absolute atomic E-state index is 13.1. The molecule has 4 heteroatoms. The van der Waals surface area contributed by atoms with Gasteiger partial charge in [0.05, 0.1) is 0 Å². The summed E-state index contributed by atoms with van der Waals surface area (Å²) in [6, 6.07) is 8.01.